The number of allylic oxidation sites excluding steroid dienone is 6. The number of carbonyl (C=O) groups is 1. The van der Waals surface area contributed by atoms with Crippen LogP contribution in [0.15, 0.2) is 48.6 Å². The molecule has 0 aromatic rings. The highest BCUT2D eigenvalue weighted by Gasteiger charge is 2.13. The maximum atomic E-state index is 11.4. The lowest BCUT2D eigenvalue weighted by Gasteiger charge is -2.12. The van der Waals surface area contributed by atoms with Crippen molar-refractivity contribution in [1.29, 1.82) is 0 Å². The minimum atomic E-state index is 0.128. The summed E-state index contributed by atoms with van der Waals surface area (Å²) in [5.74, 6) is 0.128. The number of hydrogen-bond donors (Lipinski definition) is 0. The number of carbonyl (C=O) groups excluding carboxylic acids is 1. The molecule has 0 saturated carbocycles. The van der Waals surface area contributed by atoms with E-state index in [1.54, 1.807) is 12.2 Å². The monoisotopic (exact) mass is 174 g/mol. The average molecular weight is 174 g/mol. The Bertz CT molecular complexity index is 288. The highest BCUT2D eigenvalue weighted by atomic mass is 16.1. The molecule has 0 atom stereocenters. The van der Waals surface area contributed by atoms with E-state index in [1.165, 1.54) is 5.57 Å². The highest BCUT2D eigenvalue weighted by Crippen LogP contribution is 2.22. The molecular weight excluding hydrogens is 160 g/mol. The van der Waals surface area contributed by atoms with Gasteiger partial charge in [-0.2, -0.15) is 0 Å². The molecule has 1 aliphatic carbocycles. The summed E-state index contributed by atoms with van der Waals surface area (Å²) in [6.07, 6.45) is 9.52. The van der Waals surface area contributed by atoms with Crippen LogP contribution in [0.1, 0.15) is 19.3 Å². The van der Waals surface area contributed by atoms with E-state index in [4.69, 9.17) is 0 Å². The van der Waals surface area contributed by atoms with Crippen molar-refractivity contribution in [3.8, 4) is 0 Å². The fourth-order valence-electron chi connectivity index (χ4n) is 1.48. The van der Waals surface area contributed by atoms with E-state index >= 15 is 0 Å². The van der Waals surface area contributed by atoms with Gasteiger partial charge in [0.2, 0.25) is 0 Å². The molecule has 1 nitrogen and oxygen atoms in total. The second-order valence-electron chi connectivity index (χ2n) is 3.04. The summed E-state index contributed by atoms with van der Waals surface area (Å²) in [5, 5.41) is 0. The maximum Gasteiger partial charge on any atom is 0.181 e. The molecule has 0 spiro atoms. The molecule has 0 aromatic heterocycles. The molecule has 1 aliphatic rings. The van der Waals surface area contributed by atoms with E-state index in [0.29, 0.717) is 6.42 Å². The van der Waals surface area contributed by atoms with Crippen LogP contribution < -0.4 is 0 Å². The Labute approximate surface area is 79.2 Å². The van der Waals surface area contributed by atoms with Crippen molar-refractivity contribution < 1.29 is 4.79 Å². The molecule has 0 radical (unpaired) electrons. The summed E-state index contributed by atoms with van der Waals surface area (Å²) < 4.78 is 0. The van der Waals surface area contributed by atoms with Crippen LogP contribution in [0.2, 0.25) is 0 Å². The summed E-state index contributed by atoms with van der Waals surface area (Å²) in [7, 11) is 0. The standard InChI is InChI=1S/C12H14O/c1-3-6-10-8-5-9-12(13)11(10)7-4-2/h3-5,9H,1-2,6-8H2. The van der Waals surface area contributed by atoms with Crippen LogP contribution in [0.5, 0.6) is 0 Å². The molecule has 13 heavy (non-hydrogen) atoms. The molecular formula is C12H14O. The van der Waals surface area contributed by atoms with Gasteiger partial charge in [0.15, 0.2) is 5.78 Å². The van der Waals surface area contributed by atoms with Crippen molar-refractivity contribution in [1.82, 2.24) is 0 Å². The van der Waals surface area contributed by atoms with Crippen LogP contribution in [0.3, 0.4) is 0 Å². The smallest absolute Gasteiger partial charge is 0.181 e. The number of rotatable bonds is 4. The highest BCUT2D eigenvalue weighted by molar-refractivity contribution is 6.05. The summed E-state index contributed by atoms with van der Waals surface area (Å²) in [6.45, 7) is 7.33. The van der Waals surface area contributed by atoms with E-state index in [0.717, 1.165) is 18.4 Å². The number of ketones is 1. The van der Waals surface area contributed by atoms with E-state index in [2.05, 4.69) is 13.2 Å². The number of hydrogen-bond acceptors (Lipinski definition) is 1. The molecule has 0 bridgehead atoms. The molecule has 68 valence electrons. The molecule has 0 amide bonds. The topological polar surface area (TPSA) is 17.1 Å². The third-order valence-corrected chi connectivity index (χ3v) is 2.10. The van der Waals surface area contributed by atoms with Gasteiger partial charge in [-0.1, -0.05) is 23.8 Å². The average Bonchev–Trinajstić information content (AvgIpc) is 2.11. The molecule has 0 heterocycles. The van der Waals surface area contributed by atoms with Gasteiger partial charge < -0.3 is 0 Å². The minimum Gasteiger partial charge on any atom is -0.290 e. The van der Waals surface area contributed by atoms with Gasteiger partial charge in [-0.3, -0.25) is 4.79 Å². The van der Waals surface area contributed by atoms with Gasteiger partial charge in [-0.05, 0) is 25.3 Å². The Hall–Kier alpha value is -1.37. The van der Waals surface area contributed by atoms with Gasteiger partial charge in [-0.25, -0.2) is 0 Å². The second kappa shape index (κ2) is 4.61. The van der Waals surface area contributed by atoms with E-state index < -0.39 is 0 Å². The van der Waals surface area contributed by atoms with Crippen molar-refractivity contribution in [2.75, 3.05) is 0 Å². The quantitative estimate of drug-likeness (QED) is 0.599. The molecule has 0 aromatic carbocycles. The summed E-state index contributed by atoms with van der Waals surface area (Å²) in [6, 6.07) is 0. The van der Waals surface area contributed by atoms with Crippen molar-refractivity contribution in [3.63, 3.8) is 0 Å². The van der Waals surface area contributed by atoms with Crippen LogP contribution in [0.4, 0.5) is 0 Å². The van der Waals surface area contributed by atoms with Crippen LogP contribution in [0, 0.1) is 0 Å². The first-order chi connectivity index (χ1) is 6.29. The molecule has 1 heteroatoms. The van der Waals surface area contributed by atoms with Gasteiger partial charge in [-0.15, -0.1) is 13.2 Å². The summed E-state index contributed by atoms with van der Waals surface area (Å²) in [5.41, 5.74) is 2.08. The van der Waals surface area contributed by atoms with Gasteiger partial charge in [0, 0.05) is 5.57 Å². The van der Waals surface area contributed by atoms with Crippen molar-refractivity contribution >= 4 is 5.78 Å². The first-order valence-corrected chi connectivity index (χ1v) is 4.43. The first kappa shape index (κ1) is 9.72. The second-order valence-corrected chi connectivity index (χ2v) is 3.04. The Morgan fingerprint density at radius 1 is 1.31 bits per heavy atom. The first-order valence-electron chi connectivity index (χ1n) is 4.43. The Morgan fingerprint density at radius 3 is 2.62 bits per heavy atom. The fourth-order valence-corrected chi connectivity index (χ4v) is 1.48. The SMILES string of the molecule is C=CCC1=C(CC=C)C(=O)C=CC1. The predicted octanol–water partition coefficient (Wildman–Crippen LogP) is 2.96. The Morgan fingerprint density at radius 2 is 2.00 bits per heavy atom. The van der Waals surface area contributed by atoms with Crippen LogP contribution in [0.25, 0.3) is 0 Å². The molecule has 0 unspecified atom stereocenters. The zero-order valence-corrected chi connectivity index (χ0v) is 7.75. The van der Waals surface area contributed by atoms with Gasteiger partial charge >= 0.3 is 0 Å². The minimum absolute atomic E-state index is 0.128. The fraction of sp³-hybridized carbons (Fsp3) is 0.250. The maximum absolute atomic E-state index is 11.4. The van der Waals surface area contributed by atoms with Crippen molar-refractivity contribution in [3.05, 3.63) is 48.6 Å². The van der Waals surface area contributed by atoms with Gasteiger partial charge in [0.05, 0.1) is 0 Å². The lowest BCUT2D eigenvalue weighted by molar-refractivity contribution is -0.111. The molecule has 0 fully saturated rings. The normalized spacial score (nSPS) is 16.2. The van der Waals surface area contributed by atoms with Crippen LogP contribution in [-0.4, -0.2) is 5.78 Å². The zero-order chi connectivity index (χ0) is 9.68. The van der Waals surface area contributed by atoms with Gasteiger partial charge in [0.25, 0.3) is 0 Å². The third kappa shape index (κ3) is 2.28. The molecule has 0 aliphatic heterocycles. The van der Waals surface area contributed by atoms with Gasteiger partial charge in [0.1, 0.15) is 0 Å². The van der Waals surface area contributed by atoms with E-state index in [-0.39, 0.29) is 5.78 Å². The summed E-state index contributed by atoms with van der Waals surface area (Å²) >= 11 is 0. The molecule has 1 rings (SSSR count). The lowest BCUT2D eigenvalue weighted by Crippen LogP contribution is -2.06. The largest absolute Gasteiger partial charge is 0.290 e. The zero-order valence-electron chi connectivity index (χ0n) is 7.75. The predicted molar refractivity (Wildman–Crippen MR) is 55.4 cm³/mol. The molecule has 0 saturated heterocycles. The Kier molecular flexibility index (Phi) is 3.44. The molecule has 0 N–H and O–H groups in total. The van der Waals surface area contributed by atoms with Crippen LogP contribution >= 0.6 is 0 Å². The summed E-state index contributed by atoms with van der Waals surface area (Å²) in [4.78, 5) is 11.4. The van der Waals surface area contributed by atoms with E-state index in [9.17, 15) is 4.79 Å². The van der Waals surface area contributed by atoms with Crippen molar-refractivity contribution in [2.45, 2.75) is 19.3 Å². The Balaban J connectivity index is 2.91. The van der Waals surface area contributed by atoms with Crippen LogP contribution in [-0.2, 0) is 4.79 Å². The van der Waals surface area contributed by atoms with Crippen molar-refractivity contribution in [2.24, 2.45) is 0 Å². The third-order valence-electron chi connectivity index (χ3n) is 2.10. The van der Waals surface area contributed by atoms with E-state index in [1.807, 2.05) is 12.2 Å². The lowest BCUT2D eigenvalue weighted by atomic mass is 9.92.